The van der Waals surface area contributed by atoms with Crippen molar-refractivity contribution in [3.8, 4) is 39.1 Å². The molecule has 0 saturated carbocycles. The Kier molecular flexibility index (Phi) is 6.84. The van der Waals surface area contributed by atoms with Gasteiger partial charge in [0.2, 0.25) is 0 Å². The smallest absolute Gasteiger partial charge is 0.0977 e. The summed E-state index contributed by atoms with van der Waals surface area (Å²) in [5.41, 5.74) is 24.1. The van der Waals surface area contributed by atoms with Crippen molar-refractivity contribution in [1.82, 2.24) is 4.57 Å². The van der Waals surface area contributed by atoms with Gasteiger partial charge in [-0.2, -0.15) is 0 Å². The van der Waals surface area contributed by atoms with E-state index < -0.39 is 0 Å². The standard InChI is InChI=1S/C57H38N2/c1-2-18-39(19-3-1)59-53-31-14-8-25-46(53)55-45-24-7-13-30-52(45)58(54-32-15-9-26-47(54)56(55)59)40-20-16-17-37(35-40)38-33-34-44-43-23-6-12-29-50(43)57(51(44)36-38)48-27-10-4-21-41(48)42-22-5-11-28-49(42)57/h1-10,12-14,17-19,21-27,29-31,33-36H,11,15,28,32H2. The van der Waals surface area contributed by atoms with E-state index in [4.69, 9.17) is 0 Å². The van der Waals surface area contributed by atoms with Crippen molar-refractivity contribution in [2.75, 3.05) is 4.90 Å². The van der Waals surface area contributed by atoms with Gasteiger partial charge in [0.15, 0.2) is 0 Å². The fraction of sp³-hybridized carbons (Fsp3) is 0.0877. The Labute approximate surface area is 345 Å². The molecule has 13 rings (SSSR count). The number of fused-ring (bicyclic) bond motifs is 15. The average molecular weight is 751 g/mol. The number of aromatic nitrogens is 1. The molecule has 0 saturated heterocycles. The largest absolute Gasteiger partial charge is 0.309 e. The van der Waals surface area contributed by atoms with Crippen molar-refractivity contribution in [1.29, 1.82) is 0 Å². The summed E-state index contributed by atoms with van der Waals surface area (Å²) in [6, 6.07) is 65.8. The van der Waals surface area contributed by atoms with Crippen LogP contribution in [0.15, 0.2) is 193 Å². The van der Waals surface area contributed by atoms with E-state index in [1.54, 1.807) is 0 Å². The zero-order valence-corrected chi connectivity index (χ0v) is 32.5. The predicted molar refractivity (Wildman–Crippen MR) is 243 cm³/mol. The number of hydrogen-bond acceptors (Lipinski definition) is 1. The van der Waals surface area contributed by atoms with E-state index in [2.05, 4.69) is 204 Å². The monoisotopic (exact) mass is 750 g/mol. The second-order valence-electron chi connectivity index (χ2n) is 16.4. The quantitative estimate of drug-likeness (QED) is 0.175. The van der Waals surface area contributed by atoms with Gasteiger partial charge in [-0.05, 0) is 130 Å². The van der Waals surface area contributed by atoms with Crippen LogP contribution in [-0.2, 0) is 5.41 Å². The van der Waals surface area contributed by atoms with E-state index >= 15 is 0 Å². The lowest BCUT2D eigenvalue weighted by molar-refractivity contribution is 0.714. The van der Waals surface area contributed by atoms with Crippen molar-refractivity contribution in [3.63, 3.8) is 0 Å². The van der Waals surface area contributed by atoms with Crippen LogP contribution >= 0.6 is 0 Å². The van der Waals surface area contributed by atoms with Gasteiger partial charge in [-0.3, -0.25) is 0 Å². The molecule has 0 amide bonds. The third kappa shape index (κ3) is 4.37. The van der Waals surface area contributed by atoms with Crippen LogP contribution in [0.5, 0.6) is 0 Å². The van der Waals surface area contributed by atoms with Gasteiger partial charge >= 0.3 is 0 Å². The SMILES string of the molecule is c1cc(-c2ccc3c(c2)C2(C4=C(C=CCC4)c4ccccc42)c2ccccc2-3)cc(N2C3=C(C=CCC3)c3c(c4ccccc4n3-c3ccccc3)-c3ccccc32)c#1. The Hall–Kier alpha value is -7.34. The third-order valence-electron chi connectivity index (χ3n) is 13.6. The maximum atomic E-state index is 3.64. The van der Waals surface area contributed by atoms with Gasteiger partial charge < -0.3 is 9.47 Å². The van der Waals surface area contributed by atoms with Crippen molar-refractivity contribution >= 4 is 33.4 Å². The molecule has 2 heterocycles. The molecule has 276 valence electrons. The molecular weight excluding hydrogens is 713 g/mol. The molecule has 0 bridgehead atoms. The zero-order chi connectivity index (χ0) is 38.7. The normalized spacial score (nSPS) is 17.9. The van der Waals surface area contributed by atoms with Gasteiger partial charge in [0.25, 0.3) is 0 Å². The first kappa shape index (κ1) is 32.7. The average Bonchev–Trinajstić information content (AvgIpc) is 3.89. The Morgan fingerprint density at radius 3 is 2.12 bits per heavy atom. The van der Waals surface area contributed by atoms with Crippen LogP contribution in [0.2, 0.25) is 0 Å². The van der Waals surface area contributed by atoms with Crippen LogP contribution in [0.25, 0.3) is 61.1 Å². The molecule has 1 spiro atoms. The van der Waals surface area contributed by atoms with E-state index in [9.17, 15) is 0 Å². The molecule has 4 aliphatic carbocycles. The van der Waals surface area contributed by atoms with Crippen LogP contribution < -0.4 is 4.90 Å². The van der Waals surface area contributed by atoms with E-state index in [1.807, 2.05) is 0 Å². The molecule has 1 aliphatic heterocycles. The second kappa shape index (κ2) is 12.3. The van der Waals surface area contributed by atoms with Crippen LogP contribution in [0, 0.1) is 12.1 Å². The predicted octanol–water partition coefficient (Wildman–Crippen LogP) is 14.2. The molecule has 1 aromatic heterocycles. The number of nitrogens with zero attached hydrogens (tertiary/aromatic N) is 2. The first-order valence-electron chi connectivity index (χ1n) is 21.0. The van der Waals surface area contributed by atoms with Crippen molar-refractivity contribution in [3.05, 3.63) is 233 Å². The molecule has 59 heavy (non-hydrogen) atoms. The molecule has 8 aromatic rings. The Bertz CT molecular complexity index is 3220. The topological polar surface area (TPSA) is 8.17 Å². The Morgan fingerprint density at radius 1 is 0.542 bits per heavy atom. The molecule has 1 atom stereocenters. The first-order valence-corrected chi connectivity index (χ1v) is 21.0. The number of benzene rings is 6. The van der Waals surface area contributed by atoms with Crippen LogP contribution in [0.3, 0.4) is 0 Å². The van der Waals surface area contributed by atoms with Crippen LogP contribution in [0.1, 0.15) is 53.6 Å². The van der Waals surface area contributed by atoms with Crippen LogP contribution in [0.4, 0.5) is 11.4 Å². The van der Waals surface area contributed by atoms with E-state index in [-0.39, 0.29) is 5.41 Å². The lowest BCUT2D eigenvalue weighted by Gasteiger charge is -2.33. The summed E-state index contributed by atoms with van der Waals surface area (Å²) in [6.45, 7) is 0. The fourth-order valence-electron chi connectivity index (χ4n) is 11.3. The van der Waals surface area contributed by atoms with Gasteiger partial charge in [-0.1, -0.05) is 146 Å². The maximum absolute atomic E-state index is 3.64. The van der Waals surface area contributed by atoms with E-state index in [1.165, 1.54) is 94.8 Å². The maximum Gasteiger partial charge on any atom is 0.0977 e. The molecule has 5 aliphatic rings. The molecule has 2 nitrogen and oxygen atoms in total. The number of rotatable bonds is 3. The molecule has 0 N–H and O–H groups in total. The van der Waals surface area contributed by atoms with Gasteiger partial charge in [0, 0.05) is 33.5 Å². The minimum Gasteiger partial charge on any atom is -0.309 e. The van der Waals surface area contributed by atoms with Gasteiger partial charge in [0.1, 0.15) is 0 Å². The minimum atomic E-state index is -0.308. The molecule has 0 fully saturated rings. The summed E-state index contributed by atoms with van der Waals surface area (Å²) < 4.78 is 2.48. The van der Waals surface area contributed by atoms with Gasteiger partial charge in [0.05, 0.1) is 28.0 Å². The summed E-state index contributed by atoms with van der Waals surface area (Å²) in [4.78, 5) is 2.49. The van der Waals surface area contributed by atoms with Crippen molar-refractivity contribution in [2.45, 2.75) is 31.1 Å². The summed E-state index contributed by atoms with van der Waals surface area (Å²) >= 11 is 0. The Balaban J connectivity index is 1.02. The number of para-hydroxylation sites is 3. The third-order valence-corrected chi connectivity index (χ3v) is 13.6. The zero-order valence-electron chi connectivity index (χ0n) is 32.5. The summed E-state index contributed by atoms with van der Waals surface area (Å²) in [7, 11) is 0. The highest BCUT2D eigenvalue weighted by atomic mass is 15.2. The first-order chi connectivity index (χ1) is 29.3. The second-order valence-corrected chi connectivity index (χ2v) is 16.4. The van der Waals surface area contributed by atoms with Gasteiger partial charge in [-0.25, -0.2) is 0 Å². The molecule has 2 heteroatoms. The lowest BCUT2D eigenvalue weighted by atomic mass is 9.68. The summed E-state index contributed by atoms with van der Waals surface area (Å²) in [6.07, 6.45) is 13.5. The van der Waals surface area contributed by atoms with Crippen molar-refractivity contribution in [2.24, 2.45) is 0 Å². The molecule has 0 radical (unpaired) electrons. The van der Waals surface area contributed by atoms with Crippen molar-refractivity contribution < 1.29 is 0 Å². The molecule has 7 aromatic carbocycles. The van der Waals surface area contributed by atoms with E-state index in [0.717, 1.165) is 42.6 Å². The highest BCUT2D eigenvalue weighted by Gasteiger charge is 2.52. The Morgan fingerprint density at radius 2 is 1.24 bits per heavy atom. The number of hydrogen-bond donors (Lipinski definition) is 0. The van der Waals surface area contributed by atoms with Gasteiger partial charge in [-0.15, -0.1) is 0 Å². The fourth-order valence-corrected chi connectivity index (χ4v) is 11.3. The highest BCUT2D eigenvalue weighted by molar-refractivity contribution is 6.10. The minimum absolute atomic E-state index is 0.308. The number of allylic oxidation sites excluding steroid dienone is 8. The molecule has 1 unspecified atom stereocenters. The molecular formula is C57H38N2. The number of anilines is 2. The summed E-state index contributed by atoms with van der Waals surface area (Å²) in [5, 5.41) is 1.25. The lowest BCUT2D eigenvalue weighted by Crippen LogP contribution is -2.27. The highest BCUT2D eigenvalue weighted by Crippen LogP contribution is 2.64. The van der Waals surface area contributed by atoms with Crippen LogP contribution in [-0.4, -0.2) is 4.57 Å². The summed E-state index contributed by atoms with van der Waals surface area (Å²) in [5.74, 6) is 0. The van der Waals surface area contributed by atoms with E-state index in [0.29, 0.717) is 0 Å².